The predicted octanol–water partition coefficient (Wildman–Crippen LogP) is 3.14. The molecule has 0 aliphatic heterocycles. The minimum atomic E-state index is -0.789. The van der Waals surface area contributed by atoms with Crippen molar-refractivity contribution in [1.82, 2.24) is 4.98 Å². The van der Waals surface area contributed by atoms with E-state index in [1.807, 2.05) is 29.2 Å². The van der Waals surface area contributed by atoms with Gasteiger partial charge in [0.25, 0.3) is 0 Å². The third-order valence-electron chi connectivity index (χ3n) is 3.40. The third kappa shape index (κ3) is 4.74. The molecule has 0 unspecified atom stereocenters. The number of benzene rings is 1. The smallest absolute Gasteiger partial charge is 0.305 e. The Bertz CT molecular complexity index is 609. The summed E-state index contributed by atoms with van der Waals surface area (Å²) in [7, 11) is 0. The van der Waals surface area contributed by atoms with Gasteiger partial charge < -0.3 is 10.0 Å². The number of hydrogen-bond acceptors (Lipinski definition) is 3. The Morgan fingerprint density at radius 3 is 2.36 bits per heavy atom. The second-order valence-corrected chi connectivity index (χ2v) is 5.08. The predicted molar refractivity (Wildman–Crippen MR) is 88.1 cm³/mol. The quantitative estimate of drug-likeness (QED) is 0.760. The molecule has 4 heteroatoms. The minimum absolute atomic E-state index is 0.118. The van der Waals surface area contributed by atoms with Crippen LogP contribution in [0.25, 0.3) is 0 Å². The molecule has 22 heavy (non-hydrogen) atoms. The normalized spacial score (nSPS) is 10.2. The number of nitrogens with zero attached hydrogens (tertiary/aromatic N) is 2. The van der Waals surface area contributed by atoms with Crippen molar-refractivity contribution in [2.24, 2.45) is 0 Å². The molecule has 114 valence electrons. The van der Waals surface area contributed by atoms with Gasteiger partial charge in [-0.2, -0.15) is 0 Å². The molecular formula is C18H20N2O2. The van der Waals surface area contributed by atoms with Gasteiger partial charge in [-0.1, -0.05) is 18.2 Å². The summed E-state index contributed by atoms with van der Waals surface area (Å²) in [6.07, 6.45) is 6.35. The average molecular weight is 296 g/mol. The lowest BCUT2D eigenvalue weighted by Gasteiger charge is -2.22. The fourth-order valence-electron chi connectivity index (χ4n) is 2.27. The largest absolute Gasteiger partial charge is 0.481 e. The zero-order valence-corrected chi connectivity index (χ0v) is 12.5. The molecule has 0 aliphatic rings. The molecule has 1 aromatic carbocycles. The summed E-state index contributed by atoms with van der Waals surface area (Å²) in [6, 6.07) is 12.2. The SMILES string of the molecule is C=CCN(CCC(=O)O)c1ccc(Cc2ccncc2)cc1. The molecule has 0 amide bonds. The molecule has 4 nitrogen and oxygen atoms in total. The van der Waals surface area contributed by atoms with Crippen LogP contribution in [0.3, 0.4) is 0 Å². The molecule has 1 N–H and O–H groups in total. The van der Waals surface area contributed by atoms with Crippen LogP contribution in [0.5, 0.6) is 0 Å². The van der Waals surface area contributed by atoms with Crippen LogP contribution >= 0.6 is 0 Å². The van der Waals surface area contributed by atoms with Crippen molar-refractivity contribution in [2.75, 3.05) is 18.0 Å². The molecule has 0 fully saturated rings. The lowest BCUT2D eigenvalue weighted by Crippen LogP contribution is -2.26. The molecule has 1 aromatic heterocycles. The maximum absolute atomic E-state index is 10.7. The van der Waals surface area contributed by atoms with E-state index in [1.54, 1.807) is 18.5 Å². The minimum Gasteiger partial charge on any atom is -0.481 e. The monoisotopic (exact) mass is 296 g/mol. The maximum atomic E-state index is 10.7. The Hall–Kier alpha value is -2.62. The topological polar surface area (TPSA) is 53.4 Å². The zero-order chi connectivity index (χ0) is 15.8. The van der Waals surface area contributed by atoms with Crippen LogP contribution < -0.4 is 4.90 Å². The van der Waals surface area contributed by atoms with Crippen molar-refractivity contribution < 1.29 is 9.90 Å². The first-order chi connectivity index (χ1) is 10.7. The van der Waals surface area contributed by atoms with Crippen LogP contribution in [0.2, 0.25) is 0 Å². The van der Waals surface area contributed by atoms with E-state index in [9.17, 15) is 4.79 Å². The standard InChI is InChI=1S/C18H20N2O2/c1-2-12-20(13-9-18(21)22)17-5-3-15(4-6-17)14-16-7-10-19-11-8-16/h2-8,10-11H,1,9,12-14H2,(H,21,22). The van der Waals surface area contributed by atoms with E-state index in [-0.39, 0.29) is 6.42 Å². The molecule has 0 spiro atoms. The first kappa shape index (κ1) is 15.8. The van der Waals surface area contributed by atoms with E-state index in [1.165, 1.54) is 11.1 Å². The van der Waals surface area contributed by atoms with Gasteiger partial charge in [-0.05, 0) is 41.8 Å². The number of anilines is 1. The van der Waals surface area contributed by atoms with Crippen LogP contribution in [0, 0.1) is 0 Å². The van der Waals surface area contributed by atoms with Crippen molar-refractivity contribution >= 4 is 11.7 Å². The van der Waals surface area contributed by atoms with Crippen LogP contribution in [0.15, 0.2) is 61.4 Å². The molecule has 0 aliphatic carbocycles. The van der Waals surface area contributed by atoms with Gasteiger partial charge in [-0.25, -0.2) is 0 Å². The Labute approximate surface area is 130 Å². The highest BCUT2D eigenvalue weighted by molar-refractivity contribution is 5.67. The first-order valence-electron chi connectivity index (χ1n) is 7.24. The second-order valence-electron chi connectivity index (χ2n) is 5.08. The Balaban J connectivity index is 2.05. The van der Waals surface area contributed by atoms with Crippen LogP contribution in [0.4, 0.5) is 5.69 Å². The summed E-state index contributed by atoms with van der Waals surface area (Å²) in [5, 5.41) is 8.83. The van der Waals surface area contributed by atoms with E-state index < -0.39 is 5.97 Å². The maximum Gasteiger partial charge on any atom is 0.305 e. The van der Waals surface area contributed by atoms with Gasteiger partial charge in [0.15, 0.2) is 0 Å². The summed E-state index contributed by atoms with van der Waals surface area (Å²) in [5.74, 6) is -0.789. The van der Waals surface area contributed by atoms with E-state index >= 15 is 0 Å². The fraction of sp³-hybridized carbons (Fsp3) is 0.222. The highest BCUT2D eigenvalue weighted by Gasteiger charge is 2.07. The van der Waals surface area contributed by atoms with E-state index in [4.69, 9.17) is 5.11 Å². The van der Waals surface area contributed by atoms with Gasteiger partial charge in [0.05, 0.1) is 6.42 Å². The van der Waals surface area contributed by atoms with Gasteiger partial charge in [-0.15, -0.1) is 6.58 Å². The average Bonchev–Trinajstić information content (AvgIpc) is 2.53. The van der Waals surface area contributed by atoms with Crippen LogP contribution in [-0.4, -0.2) is 29.1 Å². The molecule has 0 radical (unpaired) electrons. The third-order valence-corrected chi connectivity index (χ3v) is 3.40. The van der Waals surface area contributed by atoms with Gasteiger partial charge in [0.1, 0.15) is 0 Å². The van der Waals surface area contributed by atoms with Crippen molar-refractivity contribution in [2.45, 2.75) is 12.8 Å². The van der Waals surface area contributed by atoms with Crippen molar-refractivity contribution in [3.63, 3.8) is 0 Å². The number of rotatable bonds is 8. The summed E-state index contributed by atoms with van der Waals surface area (Å²) >= 11 is 0. The fourth-order valence-corrected chi connectivity index (χ4v) is 2.27. The van der Waals surface area contributed by atoms with E-state index in [0.717, 1.165) is 12.1 Å². The Kier molecular flexibility index (Phi) is 5.72. The molecule has 0 saturated carbocycles. The van der Waals surface area contributed by atoms with Gasteiger partial charge >= 0.3 is 5.97 Å². The molecule has 2 rings (SSSR count). The zero-order valence-electron chi connectivity index (χ0n) is 12.5. The number of carbonyl (C=O) groups is 1. The Morgan fingerprint density at radius 2 is 1.77 bits per heavy atom. The number of carboxylic acid groups (broad SMARTS) is 1. The van der Waals surface area contributed by atoms with Crippen molar-refractivity contribution in [3.05, 3.63) is 72.6 Å². The molecule has 0 saturated heterocycles. The number of aliphatic carboxylic acids is 1. The van der Waals surface area contributed by atoms with Crippen LogP contribution in [0.1, 0.15) is 17.5 Å². The summed E-state index contributed by atoms with van der Waals surface area (Å²) in [6.45, 7) is 4.84. The molecule has 0 atom stereocenters. The molecular weight excluding hydrogens is 276 g/mol. The molecule has 1 heterocycles. The lowest BCUT2D eigenvalue weighted by molar-refractivity contribution is -0.136. The second kappa shape index (κ2) is 7.98. The summed E-state index contributed by atoms with van der Waals surface area (Å²) < 4.78 is 0. The first-order valence-corrected chi connectivity index (χ1v) is 7.24. The highest BCUT2D eigenvalue weighted by Crippen LogP contribution is 2.17. The number of hydrogen-bond donors (Lipinski definition) is 1. The van der Waals surface area contributed by atoms with Crippen molar-refractivity contribution in [3.8, 4) is 0 Å². The number of carboxylic acids is 1. The Morgan fingerprint density at radius 1 is 1.14 bits per heavy atom. The van der Waals surface area contributed by atoms with Gasteiger partial charge in [0.2, 0.25) is 0 Å². The highest BCUT2D eigenvalue weighted by atomic mass is 16.4. The lowest BCUT2D eigenvalue weighted by atomic mass is 10.1. The summed E-state index contributed by atoms with van der Waals surface area (Å²) in [4.78, 5) is 16.8. The molecule has 2 aromatic rings. The number of pyridine rings is 1. The van der Waals surface area contributed by atoms with E-state index in [2.05, 4.69) is 23.7 Å². The summed E-state index contributed by atoms with van der Waals surface area (Å²) in [5.41, 5.74) is 3.45. The van der Waals surface area contributed by atoms with Gasteiger partial charge in [0, 0.05) is 31.2 Å². The van der Waals surface area contributed by atoms with Gasteiger partial charge in [-0.3, -0.25) is 9.78 Å². The van der Waals surface area contributed by atoms with E-state index in [0.29, 0.717) is 13.1 Å². The number of aromatic nitrogens is 1. The van der Waals surface area contributed by atoms with Crippen LogP contribution in [-0.2, 0) is 11.2 Å². The van der Waals surface area contributed by atoms with Crippen molar-refractivity contribution in [1.29, 1.82) is 0 Å². The molecule has 0 bridgehead atoms.